The average molecular weight is 297 g/mol. The van der Waals surface area contributed by atoms with E-state index in [4.69, 9.17) is 4.74 Å². The van der Waals surface area contributed by atoms with Crippen LogP contribution in [0.1, 0.15) is 41.3 Å². The second-order valence-corrected chi connectivity index (χ2v) is 5.69. The number of rotatable bonds is 6. The molecule has 3 heteroatoms. The van der Waals surface area contributed by atoms with Gasteiger partial charge < -0.3 is 10.1 Å². The van der Waals surface area contributed by atoms with E-state index in [0.29, 0.717) is 24.6 Å². The molecule has 0 spiro atoms. The Kier molecular flexibility index (Phi) is 5.59. The fraction of sp³-hybridized carbons (Fsp3) is 0.316. The second kappa shape index (κ2) is 7.64. The van der Waals surface area contributed by atoms with Gasteiger partial charge in [0.15, 0.2) is 0 Å². The molecule has 0 unspecified atom stereocenters. The van der Waals surface area contributed by atoms with Crippen LogP contribution in [0.5, 0.6) is 5.75 Å². The molecular weight excluding hydrogens is 274 g/mol. The third kappa shape index (κ3) is 4.62. The van der Waals surface area contributed by atoms with Crippen LogP contribution in [0.4, 0.5) is 0 Å². The van der Waals surface area contributed by atoms with Gasteiger partial charge in [-0.1, -0.05) is 43.7 Å². The third-order valence-electron chi connectivity index (χ3n) is 3.52. The first-order valence-corrected chi connectivity index (χ1v) is 7.64. The van der Waals surface area contributed by atoms with Crippen LogP contribution in [0.3, 0.4) is 0 Å². The molecule has 0 bridgehead atoms. The highest BCUT2D eigenvalue weighted by molar-refractivity contribution is 5.94. The smallest absolute Gasteiger partial charge is 0.251 e. The van der Waals surface area contributed by atoms with Crippen molar-refractivity contribution in [1.29, 1.82) is 0 Å². The summed E-state index contributed by atoms with van der Waals surface area (Å²) in [6, 6.07) is 15.6. The number of carbonyl (C=O) groups excluding carboxylic acids is 1. The molecule has 116 valence electrons. The number of benzene rings is 2. The number of hydrogen-bond donors (Lipinski definition) is 1. The molecule has 2 aromatic rings. The van der Waals surface area contributed by atoms with Crippen molar-refractivity contribution in [2.75, 3.05) is 13.2 Å². The van der Waals surface area contributed by atoms with Crippen LogP contribution in [0.25, 0.3) is 0 Å². The van der Waals surface area contributed by atoms with Crippen molar-refractivity contribution in [2.45, 2.75) is 26.7 Å². The van der Waals surface area contributed by atoms with Crippen molar-refractivity contribution in [2.24, 2.45) is 0 Å². The second-order valence-electron chi connectivity index (χ2n) is 5.69. The first-order chi connectivity index (χ1) is 10.6. The van der Waals surface area contributed by atoms with Crippen molar-refractivity contribution in [1.82, 2.24) is 5.32 Å². The standard InChI is InChI=1S/C19H23NO2/c1-14(2)16-6-8-17(9-7-16)19(21)20-12-13-22-18-10-4-15(3)5-11-18/h4-11,14H,12-13H2,1-3H3,(H,20,21). The Labute approximate surface area is 132 Å². The molecule has 0 heterocycles. The van der Waals surface area contributed by atoms with Crippen LogP contribution in [-0.4, -0.2) is 19.1 Å². The van der Waals surface area contributed by atoms with Gasteiger partial charge in [-0.2, -0.15) is 0 Å². The number of carbonyl (C=O) groups is 1. The van der Waals surface area contributed by atoms with Gasteiger partial charge in [-0.05, 0) is 42.7 Å². The van der Waals surface area contributed by atoms with Crippen LogP contribution >= 0.6 is 0 Å². The van der Waals surface area contributed by atoms with Crippen LogP contribution < -0.4 is 10.1 Å². The number of ether oxygens (including phenoxy) is 1. The highest BCUT2D eigenvalue weighted by atomic mass is 16.5. The molecule has 0 aliphatic carbocycles. The number of amides is 1. The maximum Gasteiger partial charge on any atom is 0.251 e. The number of aryl methyl sites for hydroxylation is 1. The van der Waals surface area contributed by atoms with Gasteiger partial charge in [-0.15, -0.1) is 0 Å². The lowest BCUT2D eigenvalue weighted by molar-refractivity contribution is 0.0947. The summed E-state index contributed by atoms with van der Waals surface area (Å²) in [7, 11) is 0. The van der Waals surface area contributed by atoms with Gasteiger partial charge >= 0.3 is 0 Å². The van der Waals surface area contributed by atoms with E-state index in [0.717, 1.165) is 5.75 Å². The summed E-state index contributed by atoms with van der Waals surface area (Å²) >= 11 is 0. The van der Waals surface area contributed by atoms with E-state index >= 15 is 0 Å². The molecule has 0 aliphatic heterocycles. The van der Waals surface area contributed by atoms with E-state index < -0.39 is 0 Å². The normalized spacial score (nSPS) is 10.5. The Bertz CT molecular complexity index is 600. The topological polar surface area (TPSA) is 38.3 Å². The minimum absolute atomic E-state index is 0.0668. The van der Waals surface area contributed by atoms with Crippen molar-refractivity contribution >= 4 is 5.91 Å². The summed E-state index contributed by atoms with van der Waals surface area (Å²) in [6.45, 7) is 7.25. The summed E-state index contributed by atoms with van der Waals surface area (Å²) < 4.78 is 5.58. The molecule has 0 saturated carbocycles. The van der Waals surface area contributed by atoms with E-state index in [1.54, 1.807) is 0 Å². The molecule has 1 N–H and O–H groups in total. The lowest BCUT2D eigenvalue weighted by atomic mass is 10.0. The fourth-order valence-electron chi connectivity index (χ4n) is 2.09. The Morgan fingerprint density at radius 2 is 1.68 bits per heavy atom. The van der Waals surface area contributed by atoms with Gasteiger partial charge in [0, 0.05) is 5.56 Å². The van der Waals surface area contributed by atoms with Crippen molar-refractivity contribution in [3.8, 4) is 5.75 Å². The Morgan fingerprint density at radius 3 is 2.27 bits per heavy atom. The predicted molar refractivity (Wildman–Crippen MR) is 89.5 cm³/mol. The molecule has 0 saturated heterocycles. The summed E-state index contributed by atoms with van der Waals surface area (Å²) in [4.78, 5) is 12.0. The monoisotopic (exact) mass is 297 g/mol. The molecule has 22 heavy (non-hydrogen) atoms. The maximum absolute atomic E-state index is 12.0. The van der Waals surface area contributed by atoms with Crippen molar-refractivity contribution in [3.05, 3.63) is 65.2 Å². The number of hydrogen-bond acceptors (Lipinski definition) is 2. The van der Waals surface area contributed by atoms with Crippen molar-refractivity contribution in [3.63, 3.8) is 0 Å². The minimum atomic E-state index is -0.0668. The molecule has 0 atom stereocenters. The molecule has 0 aromatic heterocycles. The van der Waals surface area contributed by atoms with Gasteiger partial charge in [0.2, 0.25) is 0 Å². The zero-order valence-corrected chi connectivity index (χ0v) is 13.4. The number of nitrogens with one attached hydrogen (secondary N) is 1. The average Bonchev–Trinajstić information content (AvgIpc) is 2.53. The first kappa shape index (κ1) is 16.1. The summed E-state index contributed by atoms with van der Waals surface area (Å²) in [6.07, 6.45) is 0. The molecule has 1 amide bonds. The van der Waals surface area contributed by atoms with E-state index in [2.05, 4.69) is 19.2 Å². The molecular formula is C19H23NO2. The highest BCUT2D eigenvalue weighted by Crippen LogP contribution is 2.14. The molecule has 0 aliphatic rings. The van der Waals surface area contributed by atoms with Crippen molar-refractivity contribution < 1.29 is 9.53 Å². The molecule has 0 fully saturated rings. The zero-order chi connectivity index (χ0) is 15.9. The minimum Gasteiger partial charge on any atom is -0.492 e. The largest absolute Gasteiger partial charge is 0.492 e. The third-order valence-corrected chi connectivity index (χ3v) is 3.52. The van der Waals surface area contributed by atoms with Crippen LogP contribution in [0, 0.1) is 6.92 Å². The first-order valence-electron chi connectivity index (χ1n) is 7.64. The predicted octanol–water partition coefficient (Wildman–Crippen LogP) is 3.93. The Hall–Kier alpha value is -2.29. The highest BCUT2D eigenvalue weighted by Gasteiger charge is 2.06. The fourth-order valence-corrected chi connectivity index (χ4v) is 2.09. The van der Waals surface area contributed by atoms with Gasteiger partial charge in [0.1, 0.15) is 12.4 Å². The Balaban J connectivity index is 1.76. The van der Waals surface area contributed by atoms with Crippen LogP contribution in [-0.2, 0) is 0 Å². The van der Waals surface area contributed by atoms with Gasteiger partial charge in [0.25, 0.3) is 5.91 Å². The zero-order valence-electron chi connectivity index (χ0n) is 13.4. The van der Waals surface area contributed by atoms with Gasteiger partial charge in [0.05, 0.1) is 6.54 Å². The molecule has 0 radical (unpaired) electrons. The molecule has 3 nitrogen and oxygen atoms in total. The van der Waals surface area contributed by atoms with E-state index in [-0.39, 0.29) is 5.91 Å². The lowest BCUT2D eigenvalue weighted by Gasteiger charge is -2.09. The summed E-state index contributed by atoms with van der Waals surface area (Å²) in [5.41, 5.74) is 3.12. The summed E-state index contributed by atoms with van der Waals surface area (Å²) in [5.74, 6) is 1.23. The van der Waals surface area contributed by atoms with E-state index in [9.17, 15) is 4.79 Å². The van der Waals surface area contributed by atoms with Gasteiger partial charge in [-0.3, -0.25) is 4.79 Å². The van der Waals surface area contributed by atoms with E-state index in [1.807, 2.05) is 55.5 Å². The molecule has 2 aromatic carbocycles. The molecule has 2 rings (SSSR count). The van der Waals surface area contributed by atoms with Crippen LogP contribution in [0.2, 0.25) is 0 Å². The van der Waals surface area contributed by atoms with E-state index in [1.165, 1.54) is 11.1 Å². The van der Waals surface area contributed by atoms with Gasteiger partial charge in [-0.25, -0.2) is 0 Å². The SMILES string of the molecule is Cc1ccc(OCCNC(=O)c2ccc(C(C)C)cc2)cc1. The lowest BCUT2D eigenvalue weighted by Crippen LogP contribution is -2.28. The maximum atomic E-state index is 12.0. The summed E-state index contributed by atoms with van der Waals surface area (Å²) in [5, 5.41) is 2.87. The van der Waals surface area contributed by atoms with Crippen LogP contribution in [0.15, 0.2) is 48.5 Å². The Morgan fingerprint density at radius 1 is 1.05 bits per heavy atom. The quantitative estimate of drug-likeness (QED) is 0.821.